The van der Waals surface area contributed by atoms with E-state index in [0.717, 1.165) is 6.54 Å². The zero-order chi connectivity index (χ0) is 10.3. The van der Waals surface area contributed by atoms with Crippen LogP contribution in [-0.4, -0.2) is 18.9 Å². The van der Waals surface area contributed by atoms with E-state index in [0.29, 0.717) is 12.5 Å². The smallest absolute Gasteiger partial charge is 0.190 e. The normalized spacial score (nSPS) is 11.6. The second kappa shape index (κ2) is 6.52. The summed E-state index contributed by atoms with van der Waals surface area (Å²) < 4.78 is 5.23. The van der Waals surface area contributed by atoms with Crippen molar-refractivity contribution < 1.29 is 9.53 Å². The van der Waals surface area contributed by atoms with Crippen LogP contribution in [0.4, 0.5) is 0 Å². The van der Waals surface area contributed by atoms with Crippen LogP contribution in [0.2, 0.25) is 0 Å². The fourth-order valence-electron chi connectivity index (χ4n) is 0.769. The van der Waals surface area contributed by atoms with Crippen LogP contribution in [0, 0.1) is 5.92 Å². The van der Waals surface area contributed by atoms with Crippen molar-refractivity contribution >= 4 is 5.78 Å². The second-order valence-electron chi connectivity index (χ2n) is 3.03. The molecule has 0 saturated carbocycles. The minimum atomic E-state index is 0.0223. The van der Waals surface area contributed by atoms with Gasteiger partial charge in [-0.15, -0.1) is 0 Å². The van der Waals surface area contributed by atoms with Gasteiger partial charge in [0.15, 0.2) is 11.7 Å². The van der Waals surface area contributed by atoms with E-state index in [4.69, 9.17) is 4.74 Å². The third kappa shape index (κ3) is 5.28. The van der Waals surface area contributed by atoms with Crippen LogP contribution in [0.15, 0.2) is 12.0 Å². The summed E-state index contributed by atoms with van der Waals surface area (Å²) in [7, 11) is 0. The lowest BCUT2D eigenvalue weighted by Crippen LogP contribution is -2.17. The first-order valence-corrected chi connectivity index (χ1v) is 4.74. The summed E-state index contributed by atoms with van der Waals surface area (Å²) >= 11 is 0. The summed E-state index contributed by atoms with van der Waals surface area (Å²) in [5.74, 6) is 0.683. The number of rotatable bonds is 6. The number of hydrogen-bond acceptors (Lipinski definition) is 3. The third-order valence-corrected chi connectivity index (χ3v) is 1.49. The number of hydrogen-bond donors (Lipinski definition) is 1. The maximum Gasteiger partial charge on any atom is 0.190 e. The fraction of sp³-hybridized carbons (Fsp3) is 0.700. The first-order chi connectivity index (χ1) is 6.11. The van der Waals surface area contributed by atoms with Gasteiger partial charge in [0.1, 0.15) is 0 Å². The number of allylic oxidation sites excluding steroid dienone is 1. The van der Waals surface area contributed by atoms with Gasteiger partial charge in [-0.3, -0.25) is 4.79 Å². The Kier molecular flexibility index (Phi) is 6.02. The predicted molar refractivity (Wildman–Crippen MR) is 53.2 cm³/mol. The van der Waals surface area contributed by atoms with Crippen molar-refractivity contribution in [1.29, 1.82) is 0 Å². The average Bonchev–Trinajstić information content (AvgIpc) is 2.05. The molecule has 0 spiro atoms. The molecule has 0 bridgehead atoms. The maximum absolute atomic E-state index is 11.3. The molecular formula is C10H19NO2. The van der Waals surface area contributed by atoms with Gasteiger partial charge in [-0.25, -0.2) is 0 Å². The standard InChI is InChI=1S/C10H19NO2/c1-5-11-10(13-6-2)7-9(12)8(3)4/h7-8,11H,5-6H2,1-4H3/b10-7-. The molecule has 0 radical (unpaired) electrons. The van der Waals surface area contributed by atoms with Gasteiger partial charge < -0.3 is 10.1 Å². The van der Waals surface area contributed by atoms with Crippen LogP contribution < -0.4 is 5.32 Å². The van der Waals surface area contributed by atoms with Gasteiger partial charge in [0.25, 0.3) is 0 Å². The van der Waals surface area contributed by atoms with Crippen LogP contribution in [0.1, 0.15) is 27.7 Å². The van der Waals surface area contributed by atoms with Crippen LogP contribution >= 0.6 is 0 Å². The first-order valence-electron chi connectivity index (χ1n) is 4.74. The lowest BCUT2D eigenvalue weighted by atomic mass is 10.1. The molecule has 0 saturated heterocycles. The number of ketones is 1. The van der Waals surface area contributed by atoms with E-state index >= 15 is 0 Å². The van der Waals surface area contributed by atoms with Gasteiger partial charge in [-0.1, -0.05) is 13.8 Å². The number of nitrogens with one attached hydrogen (secondary N) is 1. The number of carbonyl (C=O) groups excluding carboxylic acids is 1. The molecule has 0 aliphatic carbocycles. The third-order valence-electron chi connectivity index (χ3n) is 1.49. The zero-order valence-electron chi connectivity index (χ0n) is 8.89. The topological polar surface area (TPSA) is 38.3 Å². The van der Waals surface area contributed by atoms with Gasteiger partial charge in [0, 0.05) is 18.5 Å². The van der Waals surface area contributed by atoms with Crippen LogP contribution in [0.3, 0.4) is 0 Å². The molecule has 76 valence electrons. The van der Waals surface area contributed by atoms with Gasteiger partial charge in [-0.05, 0) is 13.8 Å². The summed E-state index contributed by atoms with van der Waals surface area (Å²) in [6, 6.07) is 0. The summed E-state index contributed by atoms with van der Waals surface area (Å²) in [5, 5.41) is 2.99. The van der Waals surface area contributed by atoms with E-state index in [1.54, 1.807) is 0 Å². The molecule has 0 amide bonds. The molecule has 0 heterocycles. The molecule has 0 aliphatic heterocycles. The highest BCUT2D eigenvalue weighted by molar-refractivity contribution is 5.91. The molecule has 3 nitrogen and oxygen atoms in total. The second-order valence-corrected chi connectivity index (χ2v) is 3.03. The molecule has 3 heteroatoms. The molecular weight excluding hydrogens is 166 g/mol. The first kappa shape index (κ1) is 12.0. The molecule has 0 aliphatic rings. The molecule has 0 rings (SSSR count). The Labute approximate surface area is 80.2 Å². The predicted octanol–water partition coefficient (Wildman–Crippen LogP) is 1.70. The maximum atomic E-state index is 11.3. The van der Waals surface area contributed by atoms with Crippen LogP contribution in [-0.2, 0) is 9.53 Å². The minimum Gasteiger partial charge on any atom is -0.479 e. The highest BCUT2D eigenvalue weighted by atomic mass is 16.5. The van der Waals surface area contributed by atoms with E-state index in [9.17, 15) is 4.79 Å². The Balaban J connectivity index is 4.24. The van der Waals surface area contributed by atoms with Crippen molar-refractivity contribution in [3.8, 4) is 0 Å². The van der Waals surface area contributed by atoms with Crippen molar-refractivity contribution in [2.24, 2.45) is 5.92 Å². The fourth-order valence-corrected chi connectivity index (χ4v) is 0.769. The van der Waals surface area contributed by atoms with Crippen molar-refractivity contribution in [2.45, 2.75) is 27.7 Å². The molecule has 1 N–H and O–H groups in total. The molecule has 0 aromatic carbocycles. The Morgan fingerprint density at radius 1 is 1.46 bits per heavy atom. The summed E-state index contributed by atoms with van der Waals surface area (Å²) in [5.41, 5.74) is 0. The van der Waals surface area contributed by atoms with E-state index in [1.807, 2.05) is 27.7 Å². The van der Waals surface area contributed by atoms with Crippen molar-refractivity contribution in [2.75, 3.05) is 13.2 Å². The summed E-state index contributed by atoms with van der Waals surface area (Å²) in [6.45, 7) is 8.93. The van der Waals surface area contributed by atoms with Gasteiger partial charge in [0.2, 0.25) is 0 Å². The van der Waals surface area contributed by atoms with Crippen LogP contribution in [0.5, 0.6) is 0 Å². The average molecular weight is 185 g/mol. The van der Waals surface area contributed by atoms with Gasteiger partial charge >= 0.3 is 0 Å². The Morgan fingerprint density at radius 3 is 2.46 bits per heavy atom. The molecule has 0 aromatic rings. The minimum absolute atomic E-state index is 0.0223. The van der Waals surface area contributed by atoms with E-state index < -0.39 is 0 Å². The highest BCUT2D eigenvalue weighted by Gasteiger charge is 2.05. The molecule has 13 heavy (non-hydrogen) atoms. The lowest BCUT2D eigenvalue weighted by molar-refractivity contribution is -0.117. The Hall–Kier alpha value is -0.990. The van der Waals surface area contributed by atoms with E-state index in [1.165, 1.54) is 6.08 Å². The summed E-state index contributed by atoms with van der Waals surface area (Å²) in [4.78, 5) is 11.3. The summed E-state index contributed by atoms with van der Waals surface area (Å²) in [6.07, 6.45) is 1.53. The van der Waals surface area contributed by atoms with Gasteiger partial charge in [-0.2, -0.15) is 0 Å². The van der Waals surface area contributed by atoms with Crippen molar-refractivity contribution in [3.05, 3.63) is 12.0 Å². The number of ether oxygens (including phenoxy) is 1. The molecule has 0 unspecified atom stereocenters. The lowest BCUT2D eigenvalue weighted by Gasteiger charge is -2.09. The zero-order valence-corrected chi connectivity index (χ0v) is 8.89. The van der Waals surface area contributed by atoms with Gasteiger partial charge in [0.05, 0.1) is 6.61 Å². The molecule has 0 aromatic heterocycles. The SMILES string of the molecule is CCN/C(=C/C(=O)C(C)C)OCC. The van der Waals surface area contributed by atoms with Crippen molar-refractivity contribution in [1.82, 2.24) is 5.32 Å². The molecule has 0 fully saturated rings. The Morgan fingerprint density at radius 2 is 2.08 bits per heavy atom. The monoisotopic (exact) mass is 185 g/mol. The Bertz CT molecular complexity index is 177. The van der Waals surface area contributed by atoms with E-state index in [-0.39, 0.29) is 11.7 Å². The number of carbonyl (C=O) groups is 1. The van der Waals surface area contributed by atoms with Crippen molar-refractivity contribution in [3.63, 3.8) is 0 Å². The van der Waals surface area contributed by atoms with Crippen LogP contribution in [0.25, 0.3) is 0 Å². The largest absolute Gasteiger partial charge is 0.479 e. The quantitative estimate of drug-likeness (QED) is 0.505. The molecule has 0 atom stereocenters. The van der Waals surface area contributed by atoms with E-state index in [2.05, 4.69) is 5.32 Å². The highest BCUT2D eigenvalue weighted by Crippen LogP contribution is 2.00.